The van der Waals surface area contributed by atoms with E-state index < -0.39 is 11.9 Å². The number of benzene rings is 1. The first-order chi connectivity index (χ1) is 8.56. The van der Waals surface area contributed by atoms with Crippen LogP contribution in [0.1, 0.15) is 17.3 Å². The van der Waals surface area contributed by atoms with Gasteiger partial charge in [-0.3, -0.25) is 5.84 Å². The van der Waals surface area contributed by atoms with Crippen LogP contribution in [0.2, 0.25) is 5.02 Å². The molecule has 1 aromatic heterocycles. The quantitative estimate of drug-likeness (QED) is 0.665. The van der Waals surface area contributed by atoms with E-state index in [1.807, 2.05) is 0 Å². The van der Waals surface area contributed by atoms with Crippen LogP contribution in [0, 0.1) is 5.82 Å². The smallest absolute Gasteiger partial charge is 0.153 e. The Morgan fingerprint density at radius 1 is 1.56 bits per heavy atom. The average molecular weight is 335 g/mol. The summed E-state index contributed by atoms with van der Waals surface area (Å²) in [6.07, 6.45) is 0. The molecule has 1 atom stereocenters. The van der Waals surface area contributed by atoms with Crippen LogP contribution in [0.25, 0.3) is 0 Å². The maximum Gasteiger partial charge on any atom is 0.153 e. The zero-order chi connectivity index (χ0) is 13.3. The van der Waals surface area contributed by atoms with Crippen molar-refractivity contribution in [1.82, 2.24) is 20.4 Å². The van der Waals surface area contributed by atoms with Crippen molar-refractivity contribution in [2.45, 2.75) is 6.04 Å². The Labute approximate surface area is 116 Å². The predicted molar refractivity (Wildman–Crippen MR) is 69.3 cm³/mol. The molecule has 0 amide bonds. The van der Waals surface area contributed by atoms with Gasteiger partial charge in [-0.05, 0) is 22.0 Å². The Balaban J connectivity index is 2.56. The van der Waals surface area contributed by atoms with E-state index in [1.54, 1.807) is 19.2 Å². The van der Waals surface area contributed by atoms with Crippen molar-refractivity contribution in [2.75, 3.05) is 0 Å². The van der Waals surface area contributed by atoms with Gasteiger partial charge < -0.3 is 0 Å². The van der Waals surface area contributed by atoms with Crippen molar-refractivity contribution in [3.05, 3.63) is 44.9 Å². The molecule has 1 aromatic carbocycles. The Hall–Kier alpha value is -1.02. The van der Waals surface area contributed by atoms with Crippen molar-refractivity contribution < 1.29 is 4.39 Å². The third-order valence-electron chi connectivity index (χ3n) is 2.56. The van der Waals surface area contributed by atoms with E-state index in [0.717, 1.165) is 0 Å². The summed E-state index contributed by atoms with van der Waals surface area (Å²) in [5.74, 6) is 4.98. The summed E-state index contributed by atoms with van der Waals surface area (Å²) in [6, 6.07) is 4.14. The molecule has 0 aliphatic carbocycles. The minimum absolute atomic E-state index is 0.0407. The molecule has 0 radical (unpaired) electrons. The summed E-state index contributed by atoms with van der Waals surface area (Å²) in [5.41, 5.74) is 3.48. The first-order valence-corrected chi connectivity index (χ1v) is 6.18. The lowest BCUT2D eigenvalue weighted by Gasteiger charge is -2.17. The third-order valence-corrected chi connectivity index (χ3v) is 3.42. The molecule has 2 rings (SSSR count). The molecule has 0 bridgehead atoms. The van der Waals surface area contributed by atoms with Gasteiger partial charge in [-0.1, -0.05) is 28.9 Å². The van der Waals surface area contributed by atoms with E-state index in [-0.39, 0.29) is 5.02 Å². The normalized spacial score (nSPS) is 12.7. The van der Waals surface area contributed by atoms with Gasteiger partial charge in [0.25, 0.3) is 0 Å². The first kappa shape index (κ1) is 13.4. The van der Waals surface area contributed by atoms with E-state index in [0.29, 0.717) is 15.9 Å². The summed E-state index contributed by atoms with van der Waals surface area (Å²) in [6.45, 7) is 0. The van der Waals surface area contributed by atoms with Crippen molar-refractivity contribution in [1.29, 1.82) is 0 Å². The molecule has 0 saturated carbocycles. The lowest BCUT2D eigenvalue weighted by Crippen LogP contribution is -2.31. The monoisotopic (exact) mass is 333 g/mol. The lowest BCUT2D eigenvalue weighted by atomic mass is 10.0. The molecule has 8 heteroatoms. The SMILES string of the molecule is Cn1nnc(Br)c1C(NN)c1cccc(Cl)c1F. The van der Waals surface area contributed by atoms with Crippen LogP contribution >= 0.6 is 27.5 Å². The molecule has 2 aromatic rings. The largest absolute Gasteiger partial charge is 0.271 e. The average Bonchev–Trinajstić information content (AvgIpc) is 2.67. The van der Waals surface area contributed by atoms with Gasteiger partial charge in [-0.25, -0.2) is 14.5 Å². The summed E-state index contributed by atoms with van der Waals surface area (Å²) in [4.78, 5) is 0. The fourth-order valence-corrected chi connectivity index (χ4v) is 2.44. The standard InChI is InChI=1S/C10H10BrClFN5/c1-18-9(10(11)16-17-18)8(15-14)5-3-2-4-6(12)7(5)13/h2-4,8,15H,14H2,1H3. The molecule has 5 nitrogen and oxygen atoms in total. The number of nitrogens with zero attached hydrogens (tertiary/aromatic N) is 3. The fraction of sp³-hybridized carbons (Fsp3) is 0.200. The van der Waals surface area contributed by atoms with Crippen LogP contribution in [0.4, 0.5) is 4.39 Å². The first-order valence-electron chi connectivity index (χ1n) is 5.01. The van der Waals surface area contributed by atoms with E-state index >= 15 is 0 Å². The van der Waals surface area contributed by atoms with Gasteiger partial charge in [0.1, 0.15) is 5.82 Å². The van der Waals surface area contributed by atoms with E-state index in [9.17, 15) is 4.39 Å². The van der Waals surface area contributed by atoms with Gasteiger partial charge >= 0.3 is 0 Å². The Bertz CT molecular complexity index is 554. The zero-order valence-corrected chi connectivity index (χ0v) is 11.7. The molecule has 96 valence electrons. The fourth-order valence-electron chi connectivity index (χ4n) is 1.70. The second kappa shape index (κ2) is 5.31. The van der Waals surface area contributed by atoms with Gasteiger partial charge in [0, 0.05) is 12.6 Å². The van der Waals surface area contributed by atoms with Gasteiger partial charge in [0.05, 0.1) is 16.8 Å². The molecule has 0 spiro atoms. The van der Waals surface area contributed by atoms with Crippen LogP contribution in [0.15, 0.2) is 22.8 Å². The second-order valence-electron chi connectivity index (χ2n) is 3.63. The molecule has 18 heavy (non-hydrogen) atoms. The number of rotatable bonds is 3. The van der Waals surface area contributed by atoms with E-state index in [1.165, 1.54) is 10.7 Å². The highest BCUT2D eigenvalue weighted by molar-refractivity contribution is 9.10. The summed E-state index contributed by atoms with van der Waals surface area (Å²) >= 11 is 9.02. The van der Waals surface area contributed by atoms with Gasteiger partial charge in [0.15, 0.2) is 4.60 Å². The van der Waals surface area contributed by atoms with Gasteiger partial charge in [-0.15, -0.1) is 5.10 Å². The highest BCUT2D eigenvalue weighted by Crippen LogP contribution is 2.30. The molecule has 1 heterocycles. The summed E-state index contributed by atoms with van der Waals surface area (Å²) in [7, 11) is 1.69. The molecule has 0 aliphatic rings. The molecular weight excluding hydrogens is 324 g/mol. The lowest BCUT2D eigenvalue weighted by molar-refractivity contribution is 0.530. The third kappa shape index (κ3) is 2.26. The maximum atomic E-state index is 14.0. The molecule has 3 N–H and O–H groups in total. The zero-order valence-electron chi connectivity index (χ0n) is 9.36. The van der Waals surface area contributed by atoms with Gasteiger partial charge in [0.2, 0.25) is 0 Å². The van der Waals surface area contributed by atoms with Crippen LogP contribution in [0.3, 0.4) is 0 Å². The number of aromatic nitrogens is 3. The van der Waals surface area contributed by atoms with Crippen LogP contribution < -0.4 is 11.3 Å². The van der Waals surface area contributed by atoms with Crippen molar-refractivity contribution in [3.63, 3.8) is 0 Å². The highest BCUT2D eigenvalue weighted by Gasteiger charge is 2.24. The van der Waals surface area contributed by atoms with E-state index in [4.69, 9.17) is 17.4 Å². The number of nitrogens with one attached hydrogen (secondary N) is 1. The number of halogens is 3. The molecule has 0 fully saturated rings. The number of hydrogen-bond acceptors (Lipinski definition) is 4. The van der Waals surface area contributed by atoms with E-state index in [2.05, 4.69) is 31.7 Å². The Morgan fingerprint density at radius 2 is 2.28 bits per heavy atom. The molecule has 0 aliphatic heterocycles. The summed E-state index contributed by atoms with van der Waals surface area (Å²) < 4.78 is 16.0. The van der Waals surface area contributed by atoms with Crippen LogP contribution in [0.5, 0.6) is 0 Å². The Kier molecular flexibility index (Phi) is 3.96. The number of nitrogens with two attached hydrogens (primary N) is 1. The van der Waals surface area contributed by atoms with Crippen molar-refractivity contribution in [3.8, 4) is 0 Å². The van der Waals surface area contributed by atoms with Crippen molar-refractivity contribution >= 4 is 27.5 Å². The van der Waals surface area contributed by atoms with Crippen LogP contribution in [-0.4, -0.2) is 15.0 Å². The topological polar surface area (TPSA) is 68.8 Å². The Morgan fingerprint density at radius 3 is 2.83 bits per heavy atom. The maximum absolute atomic E-state index is 14.0. The minimum Gasteiger partial charge on any atom is -0.271 e. The van der Waals surface area contributed by atoms with Crippen LogP contribution in [-0.2, 0) is 7.05 Å². The molecule has 1 unspecified atom stereocenters. The number of aryl methyl sites for hydroxylation is 1. The summed E-state index contributed by atoms with van der Waals surface area (Å²) in [5, 5.41) is 7.71. The number of hydrogen-bond donors (Lipinski definition) is 2. The highest BCUT2D eigenvalue weighted by atomic mass is 79.9. The molecular formula is C10H10BrClFN5. The van der Waals surface area contributed by atoms with Gasteiger partial charge in [-0.2, -0.15) is 0 Å². The number of hydrazine groups is 1. The minimum atomic E-state index is -0.599. The predicted octanol–water partition coefficient (Wildman–Crippen LogP) is 1.92. The molecule has 0 saturated heterocycles. The van der Waals surface area contributed by atoms with Crippen molar-refractivity contribution in [2.24, 2.45) is 12.9 Å². The second-order valence-corrected chi connectivity index (χ2v) is 4.79.